The van der Waals surface area contributed by atoms with Crippen LogP contribution in [0.5, 0.6) is 5.75 Å². The van der Waals surface area contributed by atoms with Crippen LogP contribution < -0.4 is 4.74 Å². The lowest BCUT2D eigenvalue weighted by molar-refractivity contribution is 0.0627. The predicted molar refractivity (Wildman–Crippen MR) is 122 cm³/mol. The first-order valence-electron chi connectivity index (χ1n) is 10.7. The molecule has 1 fully saturated rings. The molecule has 1 amide bonds. The van der Waals surface area contributed by atoms with Gasteiger partial charge < -0.3 is 9.64 Å². The SMILES string of the molecule is CCN(CC)Cc1ccc(C(=O)N2CCN(Cc3cc(Cl)ccc3OC)CC2)cc1. The zero-order valence-electron chi connectivity index (χ0n) is 18.2. The Hall–Kier alpha value is -2.08. The number of halogens is 1. The molecule has 0 aromatic heterocycles. The molecule has 1 saturated heterocycles. The number of ether oxygens (including phenoxy) is 1. The molecule has 0 spiro atoms. The van der Waals surface area contributed by atoms with Gasteiger partial charge in [0.05, 0.1) is 7.11 Å². The summed E-state index contributed by atoms with van der Waals surface area (Å²) < 4.78 is 5.45. The number of hydrogen-bond acceptors (Lipinski definition) is 4. The van der Waals surface area contributed by atoms with Crippen molar-refractivity contribution in [1.29, 1.82) is 0 Å². The molecule has 1 aliphatic rings. The fourth-order valence-corrected chi connectivity index (χ4v) is 4.06. The highest BCUT2D eigenvalue weighted by atomic mass is 35.5. The van der Waals surface area contributed by atoms with Gasteiger partial charge in [-0.1, -0.05) is 37.6 Å². The van der Waals surface area contributed by atoms with Crippen molar-refractivity contribution in [2.45, 2.75) is 26.9 Å². The number of carbonyl (C=O) groups excluding carboxylic acids is 1. The molecule has 0 saturated carbocycles. The maximum absolute atomic E-state index is 12.9. The van der Waals surface area contributed by atoms with Crippen LogP contribution in [0.4, 0.5) is 0 Å². The van der Waals surface area contributed by atoms with Gasteiger partial charge in [0.25, 0.3) is 5.91 Å². The third kappa shape index (κ3) is 5.75. The van der Waals surface area contributed by atoms with Gasteiger partial charge in [0.2, 0.25) is 0 Å². The number of nitrogens with zero attached hydrogens (tertiary/aromatic N) is 3. The molecular formula is C24H32ClN3O2. The van der Waals surface area contributed by atoms with Crippen molar-refractivity contribution >= 4 is 17.5 Å². The average molecular weight is 430 g/mol. The second-order valence-corrected chi connectivity index (χ2v) is 8.12. The minimum absolute atomic E-state index is 0.115. The molecule has 0 aliphatic carbocycles. The first-order valence-corrected chi connectivity index (χ1v) is 11.1. The summed E-state index contributed by atoms with van der Waals surface area (Å²) >= 11 is 6.15. The Kier molecular flexibility index (Phi) is 8.14. The summed E-state index contributed by atoms with van der Waals surface area (Å²) in [7, 11) is 1.68. The van der Waals surface area contributed by atoms with E-state index >= 15 is 0 Å². The zero-order chi connectivity index (χ0) is 21.5. The van der Waals surface area contributed by atoms with Gasteiger partial charge in [-0.3, -0.25) is 14.6 Å². The summed E-state index contributed by atoms with van der Waals surface area (Å²) in [5, 5.41) is 0.712. The van der Waals surface area contributed by atoms with Crippen molar-refractivity contribution in [2.75, 3.05) is 46.4 Å². The molecule has 1 aliphatic heterocycles. The van der Waals surface area contributed by atoms with Crippen LogP contribution in [0, 0.1) is 0 Å². The Balaban J connectivity index is 1.54. The van der Waals surface area contributed by atoms with Crippen LogP contribution >= 0.6 is 11.6 Å². The second kappa shape index (κ2) is 10.8. The zero-order valence-corrected chi connectivity index (χ0v) is 19.0. The number of benzene rings is 2. The smallest absolute Gasteiger partial charge is 0.253 e. The largest absolute Gasteiger partial charge is 0.496 e. The van der Waals surface area contributed by atoms with Crippen LogP contribution in [0.2, 0.25) is 5.02 Å². The van der Waals surface area contributed by atoms with Crippen molar-refractivity contribution in [3.63, 3.8) is 0 Å². The summed E-state index contributed by atoms with van der Waals surface area (Å²) in [4.78, 5) is 19.6. The van der Waals surface area contributed by atoms with Crippen molar-refractivity contribution in [2.24, 2.45) is 0 Å². The van der Waals surface area contributed by atoms with E-state index in [1.54, 1.807) is 7.11 Å². The van der Waals surface area contributed by atoms with Gasteiger partial charge in [-0.15, -0.1) is 0 Å². The quantitative estimate of drug-likeness (QED) is 0.631. The maximum Gasteiger partial charge on any atom is 0.253 e. The third-order valence-corrected chi connectivity index (χ3v) is 6.03. The molecule has 0 unspecified atom stereocenters. The number of amides is 1. The number of methoxy groups -OCH3 is 1. The summed E-state index contributed by atoms with van der Waals surface area (Å²) in [5.74, 6) is 0.965. The van der Waals surface area contributed by atoms with E-state index in [1.165, 1.54) is 5.56 Å². The van der Waals surface area contributed by atoms with E-state index in [9.17, 15) is 4.79 Å². The van der Waals surface area contributed by atoms with E-state index in [4.69, 9.17) is 16.3 Å². The van der Waals surface area contributed by atoms with E-state index in [1.807, 2.05) is 35.2 Å². The molecule has 0 bridgehead atoms. The van der Waals surface area contributed by atoms with Gasteiger partial charge in [-0.2, -0.15) is 0 Å². The molecule has 162 valence electrons. The Morgan fingerprint density at radius 3 is 2.30 bits per heavy atom. The highest BCUT2D eigenvalue weighted by Crippen LogP contribution is 2.24. The van der Waals surface area contributed by atoms with Crippen LogP contribution in [-0.2, 0) is 13.1 Å². The van der Waals surface area contributed by atoms with Crippen molar-refractivity contribution in [3.05, 3.63) is 64.2 Å². The van der Waals surface area contributed by atoms with Gasteiger partial charge >= 0.3 is 0 Å². The van der Waals surface area contributed by atoms with Gasteiger partial charge in [0.15, 0.2) is 0 Å². The molecule has 6 heteroatoms. The normalized spacial score (nSPS) is 14.9. The summed E-state index contributed by atoms with van der Waals surface area (Å²) in [6.07, 6.45) is 0. The lowest BCUT2D eigenvalue weighted by Crippen LogP contribution is -2.48. The fourth-order valence-electron chi connectivity index (χ4n) is 3.86. The van der Waals surface area contributed by atoms with Crippen LogP contribution in [0.25, 0.3) is 0 Å². The molecular weight excluding hydrogens is 398 g/mol. The summed E-state index contributed by atoms with van der Waals surface area (Å²) in [6.45, 7) is 11.2. The number of rotatable bonds is 8. The van der Waals surface area contributed by atoms with E-state index in [-0.39, 0.29) is 5.91 Å². The molecule has 0 radical (unpaired) electrons. The average Bonchev–Trinajstić information content (AvgIpc) is 2.78. The Labute approximate surface area is 185 Å². The van der Waals surface area contributed by atoms with E-state index < -0.39 is 0 Å². The molecule has 0 atom stereocenters. The lowest BCUT2D eigenvalue weighted by atomic mass is 10.1. The van der Waals surface area contributed by atoms with Crippen molar-refractivity contribution < 1.29 is 9.53 Å². The monoisotopic (exact) mass is 429 g/mol. The van der Waals surface area contributed by atoms with E-state index in [0.29, 0.717) is 5.02 Å². The second-order valence-electron chi connectivity index (χ2n) is 7.68. The highest BCUT2D eigenvalue weighted by Gasteiger charge is 2.23. The maximum atomic E-state index is 12.9. The molecule has 3 rings (SSSR count). The predicted octanol–water partition coefficient (Wildman–Crippen LogP) is 4.15. The van der Waals surface area contributed by atoms with Gasteiger partial charge in [-0.05, 0) is 49.0 Å². The Morgan fingerprint density at radius 2 is 1.70 bits per heavy atom. The Bertz CT molecular complexity index is 829. The lowest BCUT2D eigenvalue weighted by Gasteiger charge is -2.35. The standard InChI is InChI=1S/C24H32ClN3O2/c1-4-26(5-2)17-19-6-8-20(9-7-19)24(29)28-14-12-27(13-15-28)18-21-16-22(25)10-11-23(21)30-3/h6-11,16H,4-5,12-15,17-18H2,1-3H3. The molecule has 1 heterocycles. The molecule has 30 heavy (non-hydrogen) atoms. The van der Waals surface area contributed by atoms with Crippen LogP contribution in [0.1, 0.15) is 35.3 Å². The number of hydrogen-bond donors (Lipinski definition) is 0. The van der Waals surface area contributed by atoms with Crippen LogP contribution in [0.3, 0.4) is 0 Å². The van der Waals surface area contributed by atoms with E-state index in [0.717, 1.165) is 69.2 Å². The topological polar surface area (TPSA) is 36.0 Å². The Morgan fingerprint density at radius 1 is 1.03 bits per heavy atom. The van der Waals surface area contributed by atoms with Crippen LogP contribution in [0.15, 0.2) is 42.5 Å². The van der Waals surface area contributed by atoms with Crippen molar-refractivity contribution in [3.8, 4) is 5.75 Å². The fraction of sp³-hybridized carbons (Fsp3) is 0.458. The summed E-state index contributed by atoms with van der Waals surface area (Å²) in [6, 6.07) is 13.8. The molecule has 2 aromatic carbocycles. The minimum atomic E-state index is 0.115. The highest BCUT2D eigenvalue weighted by molar-refractivity contribution is 6.30. The molecule has 0 N–H and O–H groups in total. The van der Waals surface area contributed by atoms with Crippen molar-refractivity contribution in [1.82, 2.24) is 14.7 Å². The van der Waals surface area contributed by atoms with Gasteiger partial charge in [0.1, 0.15) is 5.75 Å². The number of piperazine rings is 1. The third-order valence-electron chi connectivity index (χ3n) is 5.80. The van der Waals surface area contributed by atoms with E-state index in [2.05, 4.69) is 35.8 Å². The first-order chi connectivity index (χ1) is 14.5. The molecule has 5 nitrogen and oxygen atoms in total. The summed E-state index contributed by atoms with van der Waals surface area (Å²) in [5.41, 5.74) is 3.09. The minimum Gasteiger partial charge on any atom is -0.496 e. The molecule has 2 aromatic rings. The van der Waals surface area contributed by atoms with Crippen LogP contribution in [-0.4, -0.2) is 67.0 Å². The van der Waals surface area contributed by atoms with Gasteiger partial charge in [-0.25, -0.2) is 0 Å². The number of carbonyl (C=O) groups is 1. The van der Waals surface area contributed by atoms with Gasteiger partial charge in [0, 0.05) is 55.4 Å². The first kappa shape index (κ1) is 22.6.